The van der Waals surface area contributed by atoms with Crippen molar-refractivity contribution in [2.24, 2.45) is 0 Å². The molecule has 104 valence electrons. The summed E-state index contributed by atoms with van der Waals surface area (Å²) in [5.74, 6) is -1.69. The molecule has 1 atom stereocenters. The lowest BCUT2D eigenvalue weighted by Gasteiger charge is -2.26. The number of hydrogen-bond acceptors (Lipinski definition) is 3. The van der Waals surface area contributed by atoms with Gasteiger partial charge >= 0.3 is 12.1 Å². The molecule has 1 unspecified atom stereocenters. The van der Waals surface area contributed by atoms with Crippen molar-refractivity contribution in [3.8, 4) is 5.75 Å². The Bertz CT molecular complexity index is 727. The zero-order valence-electron chi connectivity index (χ0n) is 9.77. The Hall–Kier alpha value is -2.44. The van der Waals surface area contributed by atoms with Gasteiger partial charge in [0.1, 0.15) is 11.3 Å². The molecule has 0 spiro atoms. The molecule has 0 bridgehead atoms. The highest BCUT2D eigenvalue weighted by Crippen LogP contribution is 2.39. The molecule has 2 heterocycles. The van der Waals surface area contributed by atoms with Gasteiger partial charge in [-0.05, 0) is 24.3 Å². The molecule has 0 aliphatic carbocycles. The van der Waals surface area contributed by atoms with Crippen LogP contribution in [0.5, 0.6) is 5.75 Å². The fraction of sp³-hybridized carbons (Fsp3) is 0.154. The van der Waals surface area contributed by atoms with Crippen LogP contribution in [0.25, 0.3) is 17.0 Å². The molecule has 1 aliphatic rings. The Morgan fingerprint density at radius 3 is 2.70 bits per heavy atom. The fourth-order valence-corrected chi connectivity index (χ4v) is 2.07. The van der Waals surface area contributed by atoms with Crippen molar-refractivity contribution in [2.75, 3.05) is 0 Å². The molecular formula is C13H7F3O4. The second kappa shape index (κ2) is 4.03. The molecule has 1 aliphatic heterocycles. The van der Waals surface area contributed by atoms with Gasteiger partial charge < -0.3 is 14.3 Å². The van der Waals surface area contributed by atoms with Gasteiger partial charge in [0.15, 0.2) is 0 Å². The van der Waals surface area contributed by atoms with Gasteiger partial charge in [-0.2, -0.15) is 13.2 Å². The van der Waals surface area contributed by atoms with E-state index in [-0.39, 0.29) is 11.3 Å². The molecule has 0 saturated heterocycles. The van der Waals surface area contributed by atoms with Crippen molar-refractivity contribution in [1.82, 2.24) is 0 Å². The molecule has 0 radical (unpaired) electrons. The van der Waals surface area contributed by atoms with Crippen molar-refractivity contribution in [3.63, 3.8) is 0 Å². The first-order valence-corrected chi connectivity index (χ1v) is 5.56. The summed E-state index contributed by atoms with van der Waals surface area (Å²) in [5, 5.41) is 9.48. The molecule has 2 aromatic rings. The molecule has 1 aromatic heterocycles. The van der Waals surface area contributed by atoms with Crippen molar-refractivity contribution < 1.29 is 32.2 Å². The number of aliphatic carboxylic acids is 1. The zero-order valence-corrected chi connectivity index (χ0v) is 9.77. The first kappa shape index (κ1) is 12.6. The maximum absolute atomic E-state index is 12.9. The summed E-state index contributed by atoms with van der Waals surface area (Å²) in [6.07, 6.45) is -4.93. The molecule has 7 heteroatoms. The third kappa shape index (κ3) is 1.91. The maximum Gasteiger partial charge on any atom is 0.430 e. The van der Waals surface area contributed by atoms with Crippen molar-refractivity contribution in [3.05, 3.63) is 35.6 Å². The first-order chi connectivity index (χ1) is 9.36. The zero-order chi connectivity index (χ0) is 14.5. The number of carbonyl (C=O) groups is 1. The molecule has 4 nitrogen and oxygen atoms in total. The predicted molar refractivity (Wildman–Crippen MR) is 62.3 cm³/mol. The molecule has 0 saturated carbocycles. The molecule has 0 fully saturated rings. The van der Waals surface area contributed by atoms with Gasteiger partial charge in [0.25, 0.3) is 0 Å². The van der Waals surface area contributed by atoms with Crippen LogP contribution in [-0.2, 0) is 4.79 Å². The molecule has 1 aromatic carbocycles. The van der Waals surface area contributed by atoms with Crippen LogP contribution >= 0.6 is 0 Å². The minimum Gasteiger partial charge on any atom is -0.478 e. The van der Waals surface area contributed by atoms with Crippen LogP contribution in [0, 0.1) is 0 Å². The van der Waals surface area contributed by atoms with Crippen LogP contribution < -0.4 is 4.74 Å². The Kier molecular flexibility index (Phi) is 2.53. The molecular weight excluding hydrogens is 277 g/mol. The lowest BCUT2D eigenvalue weighted by Crippen LogP contribution is -2.40. The highest BCUT2D eigenvalue weighted by atomic mass is 19.4. The second-order valence-corrected chi connectivity index (χ2v) is 4.29. The van der Waals surface area contributed by atoms with Crippen molar-refractivity contribution >= 4 is 23.0 Å². The van der Waals surface area contributed by atoms with E-state index in [9.17, 15) is 18.0 Å². The molecule has 0 amide bonds. The Labute approximate surface area is 110 Å². The molecule has 1 N–H and O–H groups in total. The van der Waals surface area contributed by atoms with E-state index in [0.717, 1.165) is 6.08 Å². The third-order valence-corrected chi connectivity index (χ3v) is 2.97. The number of carboxylic acids is 1. The lowest BCUT2D eigenvalue weighted by molar-refractivity contribution is -0.187. The summed E-state index contributed by atoms with van der Waals surface area (Å²) in [7, 11) is 0. The van der Waals surface area contributed by atoms with E-state index in [0.29, 0.717) is 11.0 Å². The quantitative estimate of drug-likeness (QED) is 0.873. The average molecular weight is 284 g/mol. The summed E-state index contributed by atoms with van der Waals surface area (Å²) < 4.78 is 48.5. The largest absolute Gasteiger partial charge is 0.478 e. The van der Waals surface area contributed by atoms with Crippen LogP contribution in [0.4, 0.5) is 13.2 Å². The van der Waals surface area contributed by atoms with Gasteiger partial charge in [0.2, 0.25) is 6.10 Å². The predicted octanol–water partition coefficient (Wildman–Crippen LogP) is 3.22. The highest BCUT2D eigenvalue weighted by Gasteiger charge is 2.48. The van der Waals surface area contributed by atoms with E-state index >= 15 is 0 Å². The van der Waals surface area contributed by atoms with Gasteiger partial charge in [0.05, 0.1) is 11.8 Å². The number of rotatable bonds is 1. The minimum absolute atomic E-state index is 0.0220. The summed E-state index contributed by atoms with van der Waals surface area (Å²) in [6.45, 7) is 0. The van der Waals surface area contributed by atoms with Gasteiger partial charge in [0, 0.05) is 10.9 Å². The van der Waals surface area contributed by atoms with Crippen molar-refractivity contribution in [2.45, 2.75) is 12.3 Å². The van der Waals surface area contributed by atoms with Crippen LogP contribution in [-0.4, -0.2) is 23.4 Å². The SMILES string of the molecule is O=C(O)C1=Cc2cc3occc3cc2OC1C(F)(F)F. The lowest BCUT2D eigenvalue weighted by atomic mass is 10.0. The standard InChI is InChI=1S/C13H7F3O4/c14-13(15,16)11-8(12(17)18)3-7-5-9-6(1-2-19-9)4-10(7)20-11/h1-5,11H,(H,17,18). The average Bonchev–Trinajstić information content (AvgIpc) is 2.80. The van der Waals surface area contributed by atoms with Gasteiger partial charge in [-0.3, -0.25) is 0 Å². The topological polar surface area (TPSA) is 59.7 Å². The number of furan rings is 1. The van der Waals surface area contributed by atoms with E-state index in [2.05, 4.69) is 0 Å². The number of ether oxygens (including phenoxy) is 1. The molecule has 20 heavy (non-hydrogen) atoms. The van der Waals surface area contributed by atoms with E-state index in [1.807, 2.05) is 0 Å². The number of halogens is 3. The van der Waals surface area contributed by atoms with E-state index in [4.69, 9.17) is 14.3 Å². The minimum atomic E-state index is -4.80. The maximum atomic E-state index is 12.9. The highest BCUT2D eigenvalue weighted by molar-refractivity contribution is 5.96. The number of fused-ring (bicyclic) bond motifs is 2. The van der Waals surface area contributed by atoms with Crippen molar-refractivity contribution in [1.29, 1.82) is 0 Å². The van der Waals surface area contributed by atoms with Gasteiger partial charge in [-0.1, -0.05) is 0 Å². The van der Waals surface area contributed by atoms with Crippen LogP contribution in [0.3, 0.4) is 0 Å². The van der Waals surface area contributed by atoms with Crippen LogP contribution in [0.1, 0.15) is 5.56 Å². The Morgan fingerprint density at radius 1 is 1.30 bits per heavy atom. The van der Waals surface area contributed by atoms with E-state index in [1.54, 1.807) is 6.07 Å². The summed E-state index contributed by atoms with van der Waals surface area (Å²) >= 11 is 0. The summed E-state index contributed by atoms with van der Waals surface area (Å²) in [6, 6.07) is 4.42. The Balaban J connectivity index is 2.18. The summed E-state index contributed by atoms with van der Waals surface area (Å²) in [5.41, 5.74) is -0.167. The monoisotopic (exact) mass is 284 g/mol. The Morgan fingerprint density at radius 2 is 2.05 bits per heavy atom. The number of alkyl halides is 3. The second-order valence-electron chi connectivity index (χ2n) is 4.29. The number of benzene rings is 1. The van der Waals surface area contributed by atoms with E-state index in [1.165, 1.54) is 18.4 Å². The van der Waals surface area contributed by atoms with Crippen LogP contribution in [0.15, 0.2) is 34.5 Å². The number of hydrogen-bond donors (Lipinski definition) is 1. The van der Waals surface area contributed by atoms with Gasteiger partial charge in [-0.25, -0.2) is 4.79 Å². The summed E-state index contributed by atoms with van der Waals surface area (Å²) in [4.78, 5) is 11.0. The van der Waals surface area contributed by atoms with Crippen LogP contribution in [0.2, 0.25) is 0 Å². The normalized spacial score (nSPS) is 18.4. The number of carboxylic acid groups (broad SMARTS) is 1. The fourth-order valence-electron chi connectivity index (χ4n) is 2.07. The molecule has 3 rings (SSSR count). The smallest absolute Gasteiger partial charge is 0.430 e. The van der Waals surface area contributed by atoms with E-state index < -0.39 is 23.8 Å². The van der Waals surface area contributed by atoms with Gasteiger partial charge in [-0.15, -0.1) is 0 Å². The first-order valence-electron chi connectivity index (χ1n) is 5.56. The third-order valence-electron chi connectivity index (χ3n) is 2.97.